The van der Waals surface area contributed by atoms with E-state index in [4.69, 9.17) is 5.73 Å². The van der Waals surface area contributed by atoms with Gasteiger partial charge in [0.1, 0.15) is 5.82 Å². The van der Waals surface area contributed by atoms with Gasteiger partial charge in [-0.05, 0) is 26.2 Å². The number of aryl methyl sites for hydroxylation is 1. The van der Waals surface area contributed by atoms with Crippen molar-refractivity contribution in [3.05, 3.63) is 18.2 Å². The molecule has 1 aliphatic carbocycles. The predicted octanol–water partition coefficient (Wildman–Crippen LogP) is 0.825. The van der Waals surface area contributed by atoms with E-state index in [1.54, 1.807) is 6.20 Å². The molecule has 2 unspecified atom stereocenters. The second-order valence-corrected chi connectivity index (χ2v) is 5.08. The van der Waals surface area contributed by atoms with E-state index in [1.807, 2.05) is 17.7 Å². The number of nitrogens with two attached hydrogens (primary N) is 1. The highest BCUT2D eigenvalue weighted by Crippen LogP contribution is 2.22. The van der Waals surface area contributed by atoms with Crippen LogP contribution in [0.3, 0.4) is 0 Å². The third-order valence-corrected chi connectivity index (χ3v) is 3.66. The summed E-state index contributed by atoms with van der Waals surface area (Å²) in [5, 5.41) is 3.00. The van der Waals surface area contributed by atoms with Crippen LogP contribution in [0.25, 0.3) is 0 Å². The number of imidazole rings is 1. The fraction of sp³-hybridized carbons (Fsp3) is 0.692. The summed E-state index contributed by atoms with van der Waals surface area (Å²) < 4.78 is 2.03. The summed E-state index contributed by atoms with van der Waals surface area (Å²) in [7, 11) is 0. The lowest BCUT2D eigenvalue weighted by atomic mass is 9.85. The zero-order valence-electron chi connectivity index (χ0n) is 10.9. The van der Waals surface area contributed by atoms with Crippen LogP contribution in [-0.2, 0) is 11.3 Å². The zero-order valence-corrected chi connectivity index (χ0v) is 10.9. The number of aromatic nitrogens is 2. The van der Waals surface area contributed by atoms with Crippen LogP contribution < -0.4 is 11.1 Å². The van der Waals surface area contributed by atoms with Gasteiger partial charge in [-0.15, -0.1) is 0 Å². The van der Waals surface area contributed by atoms with Crippen molar-refractivity contribution in [2.45, 2.75) is 45.2 Å². The number of hydrogen-bond donors (Lipinski definition) is 2. The number of nitrogens with zero attached hydrogens (tertiary/aromatic N) is 2. The van der Waals surface area contributed by atoms with Crippen LogP contribution in [0.5, 0.6) is 0 Å². The second kappa shape index (κ2) is 6.00. The Hall–Kier alpha value is -1.36. The second-order valence-electron chi connectivity index (χ2n) is 5.08. The van der Waals surface area contributed by atoms with Gasteiger partial charge in [0.25, 0.3) is 0 Å². The van der Waals surface area contributed by atoms with Crippen LogP contribution in [0.2, 0.25) is 0 Å². The van der Waals surface area contributed by atoms with E-state index in [0.717, 1.165) is 38.1 Å². The van der Waals surface area contributed by atoms with E-state index in [-0.39, 0.29) is 17.9 Å². The van der Waals surface area contributed by atoms with Crippen molar-refractivity contribution in [1.82, 2.24) is 14.9 Å². The first-order valence-electron chi connectivity index (χ1n) is 6.68. The Labute approximate surface area is 108 Å². The molecule has 1 amide bonds. The Balaban J connectivity index is 1.73. The summed E-state index contributed by atoms with van der Waals surface area (Å²) in [4.78, 5) is 16.1. The fourth-order valence-corrected chi connectivity index (χ4v) is 2.55. The lowest BCUT2D eigenvalue weighted by Crippen LogP contribution is -2.38. The Morgan fingerprint density at radius 1 is 1.61 bits per heavy atom. The Bertz CT molecular complexity index is 401. The van der Waals surface area contributed by atoms with Crippen molar-refractivity contribution in [2.75, 3.05) is 6.54 Å². The molecule has 0 aliphatic heterocycles. The number of carbonyl (C=O) groups excluding carboxylic acids is 1. The third-order valence-electron chi connectivity index (χ3n) is 3.66. The van der Waals surface area contributed by atoms with E-state index >= 15 is 0 Å². The number of amides is 1. The van der Waals surface area contributed by atoms with E-state index in [0.29, 0.717) is 6.54 Å². The Morgan fingerprint density at radius 2 is 2.44 bits per heavy atom. The van der Waals surface area contributed by atoms with Crippen LogP contribution >= 0.6 is 0 Å². The van der Waals surface area contributed by atoms with E-state index < -0.39 is 0 Å². The van der Waals surface area contributed by atoms with Gasteiger partial charge in [-0.25, -0.2) is 4.98 Å². The maximum atomic E-state index is 12.0. The highest BCUT2D eigenvalue weighted by atomic mass is 16.1. The summed E-state index contributed by atoms with van der Waals surface area (Å²) in [6.07, 6.45) is 7.63. The van der Waals surface area contributed by atoms with Crippen molar-refractivity contribution in [3.63, 3.8) is 0 Å². The van der Waals surface area contributed by atoms with Gasteiger partial charge < -0.3 is 15.6 Å². The first kappa shape index (κ1) is 13.1. The SMILES string of the molecule is Cc1nccn1CCNC(=O)C1CCCC(N)C1. The minimum absolute atomic E-state index is 0.109. The number of nitrogens with one attached hydrogen (secondary N) is 1. The molecule has 100 valence electrons. The van der Waals surface area contributed by atoms with Gasteiger partial charge >= 0.3 is 0 Å². The molecule has 18 heavy (non-hydrogen) atoms. The molecule has 0 bridgehead atoms. The molecule has 5 nitrogen and oxygen atoms in total. The summed E-state index contributed by atoms with van der Waals surface area (Å²) in [6.45, 7) is 3.39. The van der Waals surface area contributed by atoms with Crippen LogP contribution in [0.1, 0.15) is 31.5 Å². The van der Waals surface area contributed by atoms with E-state index in [1.165, 1.54) is 0 Å². The normalized spacial score (nSPS) is 23.9. The van der Waals surface area contributed by atoms with Gasteiger partial charge in [0.05, 0.1) is 0 Å². The van der Waals surface area contributed by atoms with Crippen LogP contribution in [0, 0.1) is 12.8 Å². The lowest BCUT2D eigenvalue weighted by molar-refractivity contribution is -0.126. The monoisotopic (exact) mass is 250 g/mol. The predicted molar refractivity (Wildman–Crippen MR) is 69.9 cm³/mol. The smallest absolute Gasteiger partial charge is 0.223 e. The molecular formula is C13H22N4O. The molecule has 0 saturated heterocycles. The molecule has 1 aromatic heterocycles. The zero-order chi connectivity index (χ0) is 13.0. The van der Waals surface area contributed by atoms with Crippen LogP contribution in [0.4, 0.5) is 0 Å². The van der Waals surface area contributed by atoms with E-state index in [9.17, 15) is 4.79 Å². The number of hydrogen-bond acceptors (Lipinski definition) is 3. The van der Waals surface area contributed by atoms with Crippen molar-refractivity contribution in [2.24, 2.45) is 11.7 Å². The largest absolute Gasteiger partial charge is 0.354 e. The molecule has 1 saturated carbocycles. The molecule has 0 spiro atoms. The molecule has 3 N–H and O–H groups in total. The van der Waals surface area contributed by atoms with Crippen molar-refractivity contribution >= 4 is 5.91 Å². The first-order valence-corrected chi connectivity index (χ1v) is 6.68. The fourth-order valence-electron chi connectivity index (χ4n) is 2.55. The molecule has 0 aromatic carbocycles. The highest BCUT2D eigenvalue weighted by molar-refractivity contribution is 5.78. The minimum Gasteiger partial charge on any atom is -0.354 e. The van der Waals surface area contributed by atoms with Crippen molar-refractivity contribution < 1.29 is 4.79 Å². The maximum Gasteiger partial charge on any atom is 0.223 e. The van der Waals surface area contributed by atoms with Gasteiger partial charge in [-0.3, -0.25) is 4.79 Å². The average Bonchev–Trinajstić information content (AvgIpc) is 2.75. The lowest BCUT2D eigenvalue weighted by Gasteiger charge is -2.25. The topological polar surface area (TPSA) is 72.9 Å². The van der Waals surface area contributed by atoms with E-state index in [2.05, 4.69) is 10.3 Å². The molecule has 5 heteroatoms. The van der Waals surface area contributed by atoms with Gasteiger partial charge in [-0.2, -0.15) is 0 Å². The first-order chi connectivity index (χ1) is 8.66. The number of carbonyl (C=O) groups is 1. The molecular weight excluding hydrogens is 228 g/mol. The van der Waals surface area contributed by atoms with Crippen molar-refractivity contribution in [1.29, 1.82) is 0 Å². The molecule has 2 atom stereocenters. The molecule has 1 aliphatic rings. The summed E-state index contributed by atoms with van der Waals surface area (Å²) in [6, 6.07) is 0.199. The highest BCUT2D eigenvalue weighted by Gasteiger charge is 2.24. The average molecular weight is 250 g/mol. The minimum atomic E-state index is 0.109. The van der Waals surface area contributed by atoms with Gasteiger partial charge in [0.2, 0.25) is 5.91 Å². The number of rotatable bonds is 4. The molecule has 2 rings (SSSR count). The van der Waals surface area contributed by atoms with Gasteiger partial charge in [0, 0.05) is 37.4 Å². The molecule has 0 radical (unpaired) electrons. The van der Waals surface area contributed by atoms with Gasteiger partial charge in [-0.1, -0.05) is 6.42 Å². The van der Waals surface area contributed by atoms with Crippen LogP contribution in [0.15, 0.2) is 12.4 Å². The molecule has 1 aromatic rings. The summed E-state index contributed by atoms with van der Waals surface area (Å²) >= 11 is 0. The maximum absolute atomic E-state index is 12.0. The molecule has 1 heterocycles. The summed E-state index contributed by atoms with van der Waals surface area (Å²) in [5.74, 6) is 1.24. The third kappa shape index (κ3) is 3.32. The summed E-state index contributed by atoms with van der Waals surface area (Å²) in [5.41, 5.74) is 5.90. The Kier molecular flexibility index (Phi) is 4.36. The van der Waals surface area contributed by atoms with Crippen molar-refractivity contribution in [3.8, 4) is 0 Å². The molecule has 1 fully saturated rings. The quantitative estimate of drug-likeness (QED) is 0.831. The van der Waals surface area contributed by atoms with Gasteiger partial charge in [0.15, 0.2) is 0 Å². The Morgan fingerprint density at radius 3 is 3.11 bits per heavy atom. The standard InChI is InChI=1S/C13H22N4O/c1-10-15-5-7-17(10)8-6-16-13(18)11-3-2-4-12(14)9-11/h5,7,11-12H,2-4,6,8-9,14H2,1H3,(H,16,18). The van der Waals surface area contributed by atoms with Crippen LogP contribution in [-0.4, -0.2) is 28.0 Å².